The zero-order valence-corrected chi connectivity index (χ0v) is 4.72. The molecule has 0 amide bonds. The number of hydrogen-bond acceptors (Lipinski definition) is 0. The van der Waals surface area contributed by atoms with Gasteiger partial charge in [0.15, 0.2) is 0 Å². The molecule has 0 N–H and O–H groups in total. The summed E-state index contributed by atoms with van der Waals surface area (Å²) >= 11 is 5.34. The molecule has 0 aliphatic carbocycles. The molecule has 0 atom stereocenters. The predicted octanol–water partition coefficient (Wildman–Crippen LogP) is 1.97. The van der Waals surface area contributed by atoms with Gasteiger partial charge in [-0.1, -0.05) is 0 Å². The number of hydrogen-bond donors (Lipinski definition) is 0. The summed E-state index contributed by atoms with van der Waals surface area (Å²) in [5, 5.41) is 0. The van der Waals surface area contributed by atoms with Gasteiger partial charge in [-0.25, -0.2) is 4.39 Å². The molecule has 0 aromatic rings. The lowest BCUT2D eigenvalue weighted by molar-refractivity contribution is 0.426. The maximum Gasteiger partial charge on any atom is 0.108 e. The van der Waals surface area contributed by atoms with Crippen molar-refractivity contribution in [1.29, 1.82) is 0 Å². The minimum atomic E-state index is -0.653. The SMILES string of the molecule is CC(C)(Cl)CF. The van der Waals surface area contributed by atoms with Crippen LogP contribution in [0.15, 0.2) is 0 Å². The van der Waals surface area contributed by atoms with Gasteiger partial charge in [0, 0.05) is 0 Å². The molecule has 0 aromatic carbocycles. The van der Waals surface area contributed by atoms with Crippen LogP contribution in [0.2, 0.25) is 0 Å². The lowest BCUT2D eigenvalue weighted by Gasteiger charge is -2.06. The van der Waals surface area contributed by atoms with Gasteiger partial charge in [0.2, 0.25) is 0 Å². The van der Waals surface area contributed by atoms with E-state index in [9.17, 15) is 4.39 Å². The molecule has 0 aliphatic rings. The Bertz CT molecular complexity index is 37.3. The summed E-state index contributed by atoms with van der Waals surface area (Å²) in [6.07, 6.45) is 0. The third kappa shape index (κ3) is 4.22. The standard InChI is InChI=1S/C4H8ClF/c1-4(2,5)3-6/h3H2,1-2H3. The van der Waals surface area contributed by atoms with Crippen LogP contribution in [0.3, 0.4) is 0 Å². The van der Waals surface area contributed by atoms with Crippen LogP contribution < -0.4 is 0 Å². The largest absolute Gasteiger partial charge is 0.249 e. The minimum absolute atomic E-state index is 0.464. The van der Waals surface area contributed by atoms with Crippen molar-refractivity contribution < 1.29 is 4.39 Å². The van der Waals surface area contributed by atoms with E-state index in [2.05, 4.69) is 0 Å². The molecular formula is C4H8ClF. The Morgan fingerprint density at radius 1 is 1.67 bits per heavy atom. The molecule has 0 nitrogen and oxygen atoms in total. The second-order valence-electron chi connectivity index (χ2n) is 1.85. The Morgan fingerprint density at radius 2 is 1.83 bits per heavy atom. The van der Waals surface area contributed by atoms with Crippen LogP contribution in [-0.2, 0) is 0 Å². The molecule has 0 radical (unpaired) electrons. The van der Waals surface area contributed by atoms with Crippen LogP contribution in [0.1, 0.15) is 13.8 Å². The zero-order valence-electron chi connectivity index (χ0n) is 3.96. The molecule has 0 fully saturated rings. The van der Waals surface area contributed by atoms with Crippen molar-refractivity contribution in [3.05, 3.63) is 0 Å². The smallest absolute Gasteiger partial charge is 0.108 e. The van der Waals surface area contributed by atoms with Gasteiger partial charge < -0.3 is 0 Å². The van der Waals surface area contributed by atoms with Crippen molar-refractivity contribution in [3.63, 3.8) is 0 Å². The second-order valence-corrected chi connectivity index (χ2v) is 2.88. The molecule has 6 heavy (non-hydrogen) atoms. The maximum absolute atomic E-state index is 11.4. The van der Waals surface area contributed by atoms with Crippen LogP contribution in [0.25, 0.3) is 0 Å². The Hall–Kier alpha value is 0.220. The first-order valence-corrected chi connectivity index (χ1v) is 2.19. The Labute approximate surface area is 42.3 Å². The average molecular weight is 111 g/mol. The topological polar surface area (TPSA) is 0 Å². The number of halogens is 2. The van der Waals surface area contributed by atoms with E-state index >= 15 is 0 Å². The molecule has 0 unspecified atom stereocenters. The van der Waals surface area contributed by atoms with Crippen LogP contribution in [0.4, 0.5) is 4.39 Å². The number of alkyl halides is 2. The third-order valence-corrected chi connectivity index (χ3v) is 0.419. The van der Waals surface area contributed by atoms with E-state index < -0.39 is 11.5 Å². The molecule has 0 bridgehead atoms. The highest BCUT2D eigenvalue weighted by Crippen LogP contribution is 2.11. The van der Waals surface area contributed by atoms with Crippen LogP contribution in [0.5, 0.6) is 0 Å². The highest BCUT2D eigenvalue weighted by Gasteiger charge is 2.10. The third-order valence-electron chi connectivity index (χ3n) is 0.318. The van der Waals surface area contributed by atoms with Gasteiger partial charge in [-0.05, 0) is 13.8 Å². The van der Waals surface area contributed by atoms with E-state index in [1.165, 1.54) is 0 Å². The van der Waals surface area contributed by atoms with Crippen molar-refractivity contribution in [3.8, 4) is 0 Å². The average Bonchev–Trinajstić information content (AvgIpc) is 1.35. The first-order valence-electron chi connectivity index (χ1n) is 1.81. The monoisotopic (exact) mass is 110 g/mol. The summed E-state index contributed by atoms with van der Waals surface area (Å²) in [5.41, 5.74) is 0. The summed E-state index contributed by atoms with van der Waals surface area (Å²) in [7, 11) is 0. The lowest BCUT2D eigenvalue weighted by atomic mass is 10.2. The van der Waals surface area contributed by atoms with Crippen LogP contribution in [0, 0.1) is 0 Å². The van der Waals surface area contributed by atoms with Crippen molar-refractivity contribution in [2.75, 3.05) is 6.67 Å². The fraction of sp³-hybridized carbons (Fsp3) is 1.00. The Balaban J connectivity index is 3.17. The molecule has 0 saturated heterocycles. The van der Waals surface area contributed by atoms with Gasteiger partial charge in [0.05, 0.1) is 4.87 Å². The van der Waals surface area contributed by atoms with Gasteiger partial charge in [-0.2, -0.15) is 0 Å². The Morgan fingerprint density at radius 3 is 1.83 bits per heavy atom. The molecule has 0 rings (SSSR count). The van der Waals surface area contributed by atoms with E-state index in [-0.39, 0.29) is 0 Å². The molecule has 0 aromatic heterocycles. The minimum Gasteiger partial charge on any atom is -0.249 e. The second kappa shape index (κ2) is 1.78. The molecule has 0 spiro atoms. The fourth-order valence-corrected chi connectivity index (χ4v) is 0. The first-order chi connectivity index (χ1) is 2.56. The highest BCUT2D eigenvalue weighted by molar-refractivity contribution is 6.23. The molecule has 2 heteroatoms. The van der Waals surface area contributed by atoms with Gasteiger partial charge >= 0.3 is 0 Å². The van der Waals surface area contributed by atoms with Crippen molar-refractivity contribution in [1.82, 2.24) is 0 Å². The van der Waals surface area contributed by atoms with Crippen LogP contribution in [-0.4, -0.2) is 11.5 Å². The van der Waals surface area contributed by atoms with Gasteiger partial charge in [0.25, 0.3) is 0 Å². The summed E-state index contributed by atoms with van der Waals surface area (Å²) in [4.78, 5) is -0.653. The van der Waals surface area contributed by atoms with Crippen molar-refractivity contribution in [2.24, 2.45) is 0 Å². The predicted molar refractivity (Wildman–Crippen MR) is 25.9 cm³/mol. The molecule has 38 valence electrons. The maximum atomic E-state index is 11.4. The normalized spacial score (nSPS) is 12.0. The summed E-state index contributed by atoms with van der Waals surface area (Å²) in [6.45, 7) is 2.80. The van der Waals surface area contributed by atoms with Crippen molar-refractivity contribution in [2.45, 2.75) is 18.7 Å². The fourth-order valence-electron chi connectivity index (χ4n) is 0. The van der Waals surface area contributed by atoms with Crippen molar-refractivity contribution >= 4 is 11.6 Å². The van der Waals surface area contributed by atoms with E-state index in [1.54, 1.807) is 13.8 Å². The molecule has 0 heterocycles. The number of rotatable bonds is 1. The zero-order chi connectivity index (χ0) is 5.21. The summed E-state index contributed by atoms with van der Waals surface area (Å²) < 4.78 is 11.4. The molecule has 0 aliphatic heterocycles. The molecular weight excluding hydrogens is 102 g/mol. The summed E-state index contributed by atoms with van der Waals surface area (Å²) in [5.74, 6) is 0. The lowest BCUT2D eigenvalue weighted by Crippen LogP contribution is -2.11. The summed E-state index contributed by atoms with van der Waals surface area (Å²) in [6, 6.07) is 0. The van der Waals surface area contributed by atoms with Gasteiger partial charge in [0.1, 0.15) is 6.67 Å². The van der Waals surface area contributed by atoms with Crippen LogP contribution >= 0.6 is 11.6 Å². The first kappa shape index (κ1) is 6.22. The van der Waals surface area contributed by atoms with E-state index in [0.717, 1.165) is 0 Å². The molecule has 0 saturated carbocycles. The Kier molecular flexibility index (Phi) is 1.85. The van der Waals surface area contributed by atoms with Gasteiger partial charge in [-0.15, -0.1) is 11.6 Å². The van der Waals surface area contributed by atoms with E-state index in [4.69, 9.17) is 11.6 Å². The van der Waals surface area contributed by atoms with E-state index in [1.807, 2.05) is 0 Å². The van der Waals surface area contributed by atoms with Gasteiger partial charge in [-0.3, -0.25) is 0 Å². The quantitative estimate of drug-likeness (QED) is 0.453. The van der Waals surface area contributed by atoms with E-state index in [0.29, 0.717) is 0 Å². The highest BCUT2D eigenvalue weighted by atomic mass is 35.5.